The Morgan fingerprint density at radius 2 is 2.06 bits per heavy atom. The second kappa shape index (κ2) is 9.43. The molecule has 0 spiro atoms. The summed E-state index contributed by atoms with van der Waals surface area (Å²) in [4.78, 5) is 28.4. The fourth-order valence-corrected chi connectivity index (χ4v) is 3.56. The van der Waals surface area contributed by atoms with Crippen LogP contribution in [-0.2, 0) is 21.5 Å². The monoisotopic (exact) mass is 478 g/mol. The number of azide groups is 1. The molecule has 0 amide bonds. The number of fused-ring (bicyclic) bond motifs is 1. The van der Waals surface area contributed by atoms with Crippen molar-refractivity contribution in [1.29, 1.82) is 0 Å². The normalized spacial score (nSPS) is 11.3. The number of halogens is 2. The average Bonchev–Trinajstić information content (AvgIpc) is 3.19. The van der Waals surface area contributed by atoms with E-state index in [0.717, 1.165) is 12.1 Å². The summed E-state index contributed by atoms with van der Waals surface area (Å²) in [5.74, 6) is -1.84. The quantitative estimate of drug-likeness (QED) is 0.159. The lowest BCUT2D eigenvalue weighted by Gasteiger charge is -2.23. The van der Waals surface area contributed by atoms with Gasteiger partial charge in [-0.05, 0) is 49.6 Å². The van der Waals surface area contributed by atoms with E-state index in [9.17, 15) is 13.6 Å². The van der Waals surface area contributed by atoms with Crippen LogP contribution in [0.5, 0.6) is 0 Å². The molecule has 0 N–H and O–H groups in total. The fraction of sp³-hybridized carbons (Fsp3) is 0.261. The smallest absolute Gasteiger partial charge is 0.316 e. The Morgan fingerprint density at radius 1 is 1.26 bits per heavy atom. The second-order valence-corrected chi connectivity index (χ2v) is 8.08. The van der Waals surface area contributed by atoms with Crippen LogP contribution in [0, 0.1) is 11.6 Å². The maximum atomic E-state index is 14.3. The minimum Gasteiger partial charge on any atom is -0.465 e. The van der Waals surface area contributed by atoms with Crippen molar-refractivity contribution < 1.29 is 18.3 Å². The van der Waals surface area contributed by atoms with Crippen LogP contribution in [0.4, 0.5) is 14.6 Å². The molecule has 1 aromatic carbocycles. The summed E-state index contributed by atoms with van der Waals surface area (Å²) in [6, 6.07) is 6.74. The van der Waals surface area contributed by atoms with Crippen LogP contribution in [0.25, 0.3) is 33.0 Å². The van der Waals surface area contributed by atoms with Crippen LogP contribution in [-0.4, -0.2) is 37.3 Å². The lowest BCUT2D eigenvalue weighted by molar-refractivity contribution is -0.148. The standard InChI is InChI=1S/C23H20F2N8O2/c1-4-35-22(34)23(2,3)16-11-28-20(29-19(16)30-32-26)18-15-6-5-9-27-21(15)33(31-18)12-13-7-8-14(24)10-17(13)25/h5-11H,4,12H2,1-3H3. The Labute approximate surface area is 198 Å². The zero-order valence-corrected chi connectivity index (χ0v) is 19.1. The Bertz CT molecular complexity index is 1480. The molecule has 0 saturated carbocycles. The molecule has 0 aliphatic heterocycles. The SMILES string of the molecule is CCOC(=O)C(C)(C)c1cnc(-c2nn(Cc3ccc(F)cc3F)c3ncccc23)nc1N=[N+]=[N-]. The van der Waals surface area contributed by atoms with Crippen molar-refractivity contribution in [2.75, 3.05) is 6.61 Å². The third-order valence-electron chi connectivity index (χ3n) is 5.42. The lowest BCUT2D eigenvalue weighted by Crippen LogP contribution is -2.31. The number of carbonyl (C=O) groups excluding carboxylic acids is 1. The third kappa shape index (κ3) is 4.51. The van der Waals surface area contributed by atoms with E-state index in [1.807, 2.05) is 0 Å². The summed E-state index contributed by atoms with van der Waals surface area (Å²) < 4.78 is 34.2. The molecule has 0 saturated heterocycles. The highest BCUT2D eigenvalue weighted by molar-refractivity contribution is 5.89. The van der Waals surface area contributed by atoms with Gasteiger partial charge in [-0.25, -0.2) is 28.4 Å². The summed E-state index contributed by atoms with van der Waals surface area (Å²) in [6.07, 6.45) is 2.95. The summed E-state index contributed by atoms with van der Waals surface area (Å²) in [7, 11) is 0. The molecule has 3 heterocycles. The first-order chi connectivity index (χ1) is 16.8. The van der Waals surface area contributed by atoms with Crippen molar-refractivity contribution in [2.24, 2.45) is 5.11 Å². The van der Waals surface area contributed by atoms with Crippen molar-refractivity contribution in [1.82, 2.24) is 24.7 Å². The number of ether oxygens (including phenoxy) is 1. The van der Waals surface area contributed by atoms with Gasteiger partial charge in [0.25, 0.3) is 0 Å². The predicted molar refractivity (Wildman–Crippen MR) is 122 cm³/mol. The van der Waals surface area contributed by atoms with Gasteiger partial charge in [0, 0.05) is 34.5 Å². The molecule has 35 heavy (non-hydrogen) atoms. The molecule has 4 rings (SSSR count). The highest BCUT2D eigenvalue weighted by atomic mass is 19.1. The lowest BCUT2D eigenvalue weighted by atomic mass is 9.86. The average molecular weight is 478 g/mol. The van der Waals surface area contributed by atoms with E-state index in [4.69, 9.17) is 10.3 Å². The van der Waals surface area contributed by atoms with Crippen LogP contribution in [0.2, 0.25) is 0 Å². The summed E-state index contributed by atoms with van der Waals surface area (Å²) >= 11 is 0. The van der Waals surface area contributed by atoms with E-state index >= 15 is 0 Å². The van der Waals surface area contributed by atoms with E-state index in [1.54, 1.807) is 39.1 Å². The van der Waals surface area contributed by atoms with Crippen LogP contribution in [0.15, 0.2) is 47.8 Å². The molecule has 178 valence electrons. The summed E-state index contributed by atoms with van der Waals surface area (Å²) in [5.41, 5.74) is 9.15. The number of rotatable bonds is 7. The first-order valence-corrected chi connectivity index (χ1v) is 10.6. The Kier molecular flexibility index (Phi) is 6.39. The van der Waals surface area contributed by atoms with Gasteiger partial charge in [0.2, 0.25) is 0 Å². The molecule has 10 nitrogen and oxygen atoms in total. The number of benzene rings is 1. The molecule has 0 atom stereocenters. The molecular formula is C23H20F2N8O2. The maximum absolute atomic E-state index is 14.3. The zero-order valence-electron chi connectivity index (χ0n) is 19.1. The van der Waals surface area contributed by atoms with E-state index in [1.165, 1.54) is 16.9 Å². The van der Waals surface area contributed by atoms with Crippen LogP contribution in [0.3, 0.4) is 0 Å². The van der Waals surface area contributed by atoms with Gasteiger partial charge in [0.05, 0.1) is 24.0 Å². The highest BCUT2D eigenvalue weighted by Gasteiger charge is 2.35. The van der Waals surface area contributed by atoms with Crippen LogP contribution in [0.1, 0.15) is 31.9 Å². The van der Waals surface area contributed by atoms with Gasteiger partial charge in [-0.3, -0.25) is 4.79 Å². The van der Waals surface area contributed by atoms with Crippen molar-refractivity contribution >= 4 is 22.8 Å². The van der Waals surface area contributed by atoms with Gasteiger partial charge in [-0.1, -0.05) is 6.07 Å². The number of pyridine rings is 1. The molecule has 0 aliphatic rings. The van der Waals surface area contributed by atoms with Gasteiger partial charge in [-0.2, -0.15) is 5.10 Å². The highest BCUT2D eigenvalue weighted by Crippen LogP contribution is 2.34. The van der Waals surface area contributed by atoms with Crippen molar-refractivity contribution in [2.45, 2.75) is 32.7 Å². The summed E-state index contributed by atoms with van der Waals surface area (Å²) in [5, 5.41) is 8.75. The minimum absolute atomic E-state index is 0.0171. The number of hydrogen-bond acceptors (Lipinski definition) is 7. The van der Waals surface area contributed by atoms with E-state index < -0.39 is 23.0 Å². The Hall–Kier alpha value is -4.44. The van der Waals surface area contributed by atoms with Crippen LogP contribution >= 0.6 is 0 Å². The molecule has 0 unspecified atom stereocenters. The fourth-order valence-electron chi connectivity index (χ4n) is 3.56. The molecule has 0 fully saturated rings. The number of carbonyl (C=O) groups is 1. The topological polar surface area (TPSA) is 132 Å². The third-order valence-corrected chi connectivity index (χ3v) is 5.42. The first-order valence-electron chi connectivity index (χ1n) is 10.6. The molecule has 0 bridgehead atoms. The second-order valence-electron chi connectivity index (χ2n) is 8.08. The van der Waals surface area contributed by atoms with Gasteiger partial charge in [0.15, 0.2) is 11.5 Å². The number of aromatic nitrogens is 5. The zero-order chi connectivity index (χ0) is 25.2. The number of esters is 1. The van der Waals surface area contributed by atoms with E-state index in [-0.39, 0.29) is 35.9 Å². The van der Waals surface area contributed by atoms with Gasteiger partial charge in [0.1, 0.15) is 23.1 Å². The minimum atomic E-state index is -1.18. The van der Waals surface area contributed by atoms with Crippen LogP contribution < -0.4 is 0 Å². The summed E-state index contributed by atoms with van der Waals surface area (Å²) in [6.45, 7) is 5.09. The molecular weight excluding hydrogens is 458 g/mol. The molecule has 0 aliphatic carbocycles. The van der Waals surface area contributed by atoms with Gasteiger partial charge < -0.3 is 4.74 Å². The molecule has 3 aromatic heterocycles. The molecule has 4 aromatic rings. The Balaban J connectivity index is 1.83. The largest absolute Gasteiger partial charge is 0.465 e. The molecule has 12 heteroatoms. The van der Waals surface area contributed by atoms with Crippen molar-refractivity contribution in [3.05, 3.63) is 75.9 Å². The maximum Gasteiger partial charge on any atom is 0.316 e. The van der Waals surface area contributed by atoms with E-state index in [0.29, 0.717) is 16.7 Å². The Morgan fingerprint density at radius 3 is 2.77 bits per heavy atom. The van der Waals surface area contributed by atoms with Crippen molar-refractivity contribution in [3.63, 3.8) is 0 Å². The van der Waals surface area contributed by atoms with E-state index in [2.05, 4.69) is 30.1 Å². The number of nitrogens with zero attached hydrogens (tertiary/aromatic N) is 8. The molecule has 0 radical (unpaired) electrons. The van der Waals surface area contributed by atoms with Gasteiger partial charge in [-0.15, -0.1) is 0 Å². The number of hydrogen-bond donors (Lipinski definition) is 0. The van der Waals surface area contributed by atoms with Crippen molar-refractivity contribution in [3.8, 4) is 11.5 Å². The predicted octanol–water partition coefficient (Wildman–Crippen LogP) is 5.00. The van der Waals surface area contributed by atoms with Gasteiger partial charge >= 0.3 is 5.97 Å². The first kappa shape index (κ1) is 23.7.